The van der Waals surface area contributed by atoms with E-state index < -0.39 is 34.6 Å². The van der Waals surface area contributed by atoms with Crippen LogP contribution in [0, 0.1) is 0 Å². The Kier molecular flexibility index (Phi) is 7.30. The molecule has 0 saturated carbocycles. The van der Waals surface area contributed by atoms with E-state index >= 15 is 0 Å². The summed E-state index contributed by atoms with van der Waals surface area (Å²) in [6.07, 6.45) is -2.04. The highest BCUT2D eigenvalue weighted by Gasteiger charge is 2.23. The normalized spacial score (nSPS) is 13.8. The topological polar surface area (TPSA) is 121 Å². The molecule has 2 atom stereocenters. The zero-order valence-corrected chi connectivity index (χ0v) is 17.2. The molecule has 7 nitrogen and oxygen atoms in total. The fourth-order valence-electron chi connectivity index (χ4n) is 2.60. The predicted octanol–water partition coefficient (Wildman–Crippen LogP) is 2.23. The van der Waals surface area contributed by atoms with Gasteiger partial charge in [-0.1, -0.05) is 47.5 Å². The molecule has 0 aliphatic carbocycles. The van der Waals surface area contributed by atoms with Gasteiger partial charge < -0.3 is 15.9 Å². The van der Waals surface area contributed by atoms with Gasteiger partial charge in [0.15, 0.2) is 0 Å². The number of nitrogens with two attached hydrogens (primary N) is 1. The smallest absolute Gasteiger partial charge is 0.232 e. The van der Waals surface area contributed by atoms with Gasteiger partial charge in [-0.15, -0.1) is 0 Å². The van der Waals surface area contributed by atoms with Crippen molar-refractivity contribution in [1.29, 1.82) is 0 Å². The first kappa shape index (κ1) is 22.4. The Morgan fingerprint density at radius 1 is 1.14 bits per heavy atom. The Bertz CT molecular complexity index is 951. The number of hydrogen-bond acceptors (Lipinski definition) is 5. The molecule has 0 aromatic heterocycles. The number of anilines is 1. The van der Waals surface area contributed by atoms with Crippen molar-refractivity contribution in [2.45, 2.75) is 25.2 Å². The molecule has 0 aliphatic heterocycles. The predicted molar refractivity (Wildman–Crippen MR) is 109 cm³/mol. The number of rotatable bonds is 8. The van der Waals surface area contributed by atoms with Crippen molar-refractivity contribution in [2.24, 2.45) is 5.73 Å². The van der Waals surface area contributed by atoms with E-state index in [-0.39, 0.29) is 11.6 Å². The number of aliphatic hydroxyl groups excluding tert-OH is 2. The van der Waals surface area contributed by atoms with Gasteiger partial charge in [0.1, 0.15) is 6.10 Å². The third-order valence-corrected chi connectivity index (χ3v) is 6.04. The molecule has 2 rings (SSSR count). The molecule has 2 aromatic rings. The highest BCUT2D eigenvalue weighted by atomic mass is 35.5. The molecule has 0 aliphatic rings. The summed E-state index contributed by atoms with van der Waals surface area (Å²) in [5, 5.41) is 20.5. The Balaban J connectivity index is 2.30. The Hall–Kier alpha value is -1.84. The molecule has 10 heteroatoms. The van der Waals surface area contributed by atoms with E-state index in [1.165, 1.54) is 24.3 Å². The van der Waals surface area contributed by atoms with Crippen LogP contribution >= 0.6 is 23.2 Å². The molecule has 0 saturated heterocycles. The quantitative estimate of drug-likeness (QED) is 0.573. The number of benzene rings is 2. The van der Waals surface area contributed by atoms with Crippen LogP contribution in [-0.4, -0.2) is 36.9 Å². The highest BCUT2D eigenvalue weighted by Crippen LogP contribution is 2.30. The van der Waals surface area contributed by atoms with Crippen LogP contribution in [-0.2, 0) is 21.4 Å². The average molecular weight is 447 g/mol. The number of carbonyl (C=O) groups is 1. The Labute approximate surface area is 173 Å². The van der Waals surface area contributed by atoms with Gasteiger partial charge >= 0.3 is 0 Å². The van der Waals surface area contributed by atoms with Gasteiger partial charge in [0.25, 0.3) is 0 Å². The largest absolute Gasteiger partial charge is 0.390 e. The molecule has 4 N–H and O–H groups in total. The molecule has 0 spiro atoms. The third kappa shape index (κ3) is 5.59. The number of amides is 1. The zero-order valence-electron chi connectivity index (χ0n) is 14.9. The lowest BCUT2D eigenvalue weighted by molar-refractivity contribution is -0.121. The molecule has 152 valence electrons. The second-order valence-electron chi connectivity index (χ2n) is 6.26. The molecule has 1 amide bonds. The van der Waals surface area contributed by atoms with Crippen molar-refractivity contribution in [3.8, 4) is 0 Å². The average Bonchev–Trinajstić information content (AvgIpc) is 2.61. The van der Waals surface area contributed by atoms with Gasteiger partial charge in [0.2, 0.25) is 15.9 Å². The zero-order chi connectivity index (χ0) is 21.1. The molecular formula is C18H20Cl2N2O5S. The summed E-state index contributed by atoms with van der Waals surface area (Å²) in [5.41, 5.74) is 6.19. The van der Waals surface area contributed by atoms with Crippen molar-refractivity contribution in [2.75, 3.05) is 10.6 Å². The van der Waals surface area contributed by atoms with E-state index in [0.29, 0.717) is 21.8 Å². The first-order valence-corrected chi connectivity index (χ1v) is 10.8. The Morgan fingerprint density at radius 2 is 1.75 bits per heavy atom. The van der Waals surface area contributed by atoms with Gasteiger partial charge in [-0.3, -0.25) is 9.10 Å². The first-order chi connectivity index (χ1) is 13.0. The lowest BCUT2D eigenvalue weighted by Gasteiger charge is -2.24. The van der Waals surface area contributed by atoms with Crippen molar-refractivity contribution in [3.05, 3.63) is 63.6 Å². The van der Waals surface area contributed by atoms with Gasteiger partial charge in [-0.05, 0) is 29.3 Å². The van der Waals surface area contributed by atoms with Gasteiger partial charge in [0.05, 0.1) is 41.1 Å². The minimum atomic E-state index is -3.65. The van der Waals surface area contributed by atoms with Gasteiger partial charge in [0, 0.05) is 0 Å². The Morgan fingerprint density at radius 3 is 2.29 bits per heavy atom. The van der Waals surface area contributed by atoms with Crippen LogP contribution in [0.25, 0.3) is 0 Å². The van der Waals surface area contributed by atoms with E-state index in [9.17, 15) is 23.4 Å². The number of primary amides is 1. The molecular weight excluding hydrogens is 427 g/mol. The van der Waals surface area contributed by atoms with E-state index in [1.807, 2.05) is 0 Å². The van der Waals surface area contributed by atoms with Crippen molar-refractivity contribution in [1.82, 2.24) is 0 Å². The summed E-state index contributed by atoms with van der Waals surface area (Å²) in [4.78, 5) is 10.9. The second-order valence-corrected chi connectivity index (χ2v) is 8.95. The monoisotopic (exact) mass is 446 g/mol. The summed E-state index contributed by atoms with van der Waals surface area (Å²) in [7, 11) is -3.65. The third-order valence-electron chi connectivity index (χ3n) is 4.04. The van der Waals surface area contributed by atoms with E-state index in [0.717, 1.165) is 10.6 Å². The van der Waals surface area contributed by atoms with Crippen LogP contribution in [0.2, 0.25) is 10.0 Å². The van der Waals surface area contributed by atoms with E-state index in [4.69, 9.17) is 28.9 Å². The highest BCUT2D eigenvalue weighted by molar-refractivity contribution is 7.92. The van der Waals surface area contributed by atoms with Crippen molar-refractivity contribution >= 4 is 44.8 Å². The minimum absolute atomic E-state index is 0.0373. The maximum atomic E-state index is 12.3. The molecule has 0 heterocycles. The molecule has 0 bridgehead atoms. The maximum Gasteiger partial charge on any atom is 0.232 e. The number of sulfonamides is 1. The summed E-state index contributed by atoms with van der Waals surface area (Å²) >= 11 is 12.2. The van der Waals surface area contributed by atoms with Gasteiger partial charge in [-0.2, -0.15) is 0 Å². The minimum Gasteiger partial charge on any atom is -0.390 e. The lowest BCUT2D eigenvalue weighted by Crippen LogP contribution is -2.29. The number of nitrogens with zero attached hydrogens (tertiary/aromatic N) is 1. The SMILES string of the molecule is CS(=O)(=O)N(Cc1cccc(Cl)c1Cl)c1ccc(C(O)C(O)CC(N)=O)cc1. The van der Waals surface area contributed by atoms with E-state index in [1.54, 1.807) is 18.2 Å². The summed E-state index contributed by atoms with van der Waals surface area (Å²) in [6, 6.07) is 10.8. The summed E-state index contributed by atoms with van der Waals surface area (Å²) < 4.78 is 25.7. The number of carbonyl (C=O) groups excluding carboxylic acids is 1. The first-order valence-electron chi connectivity index (χ1n) is 8.15. The molecule has 0 fully saturated rings. The molecule has 2 unspecified atom stereocenters. The van der Waals surface area contributed by atoms with Crippen molar-refractivity contribution < 1.29 is 23.4 Å². The van der Waals surface area contributed by atoms with E-state index in [2.05, 4.69) is 0 Å². The van der Waals surface area contributed by atoms with Crippen LogP contribution in [0.5, 0.6) is 0 Å². The lowest BCUT2D eigenvalue weighted by atomic mass is 10.0. The molecule has 28 heavy (non-hydrogen) atoms. The van der Waals surface area contributed by atoms with Crippen LogP contribution < -0.4 is 10.0 Å². The fraction of sp³-hybridized carbons (Fsp3) is 0.278. The van der Waals surface area contributed by atoms with Crippen LogP contribution in [0.1, 0.15) is 23.7 Å². The number of hydrogen-bond donors (Lipinski definition) is 3. The van der Waals surface area contributed by atoms with Crippen LogP contribution in [0.3, 0.4) is 0 Å². The standard InChI is InChI=1S/C18H20Cl2N2O5S/c1-28(26,27)22(10-12-3-2-4-14(19)17(12)20)13-7-5-11(6-8-13)18(25)15(23)9-16(21)24/h2-8,15,18,23,25H,9-10H2,1H3,(H2,21,24). The molecule has 0 radical (unpaired) electrons. The van der Waals surface area contributed by atoms with Crippen molar-refractivity contribution in [3.63, 3.8) is 0 Å². The summed E-state index contributed by atoms with van der Waals surface area (Å²) in [5.74, 6) is -0.746. The number of aliphatic hydroxyl groups is 2. The second kappa shape index (κ2) is 9.11. The van der Waals surface area contributed by atoms with Crippen LogP contribution in [0.15, 0.2) is 42.5 Å². The maximum absolute atomic E-state index is 12.3. The number of halogens is 2. The van der Waals surface area contributed by atoms with Crippen LogP contribution in [0.4, 0.5) is 5.69 Å². The molecule has 2 aromatic carbocycles. The fourth-order valence-corrected chi connectivity index (χ4v) is 3.86. The van der Waals surface area contributed by atoms with Gasteiger partial charge in [-0.25, -0.2) is 8.42 Å². The summed E-state index contributed by atoms with van der Waals surface area (Å²) in [6.45, 7) is -0.0373.